The Morgan fingerprint density at radius 3 is 2.77 bits per heavy atom. The molecular formula is C11H20O2. The summed E-state index contributed by atoms with van der Waals surface area (Å²) >= 11 is 0. The third-order valence-corrected chi connectivity index (χ3v) is 2.57. The minimum Gasteiger partial charge on any atom is -0.462 e. The number of carbonyl (C=O) groups excluding carboxylic acids is 1. The SMILES string of the molecule is CC(C)CC1CCCC(C)OC1=O. The highest BCUT2D eigenvalue weighted by atomic mass is 16.5. The van der Waals surface area contributed by atoms with Gasteiger partial charge in [0.2, 0.25) is 0 Å². The summed E-state index contributed by atoms with van der Waals surface area (Å²) in [4.78, 5) is 11.5. The summed E-state index contributed by atoms with van der Waals surface area (Å²) in [7, 11) is 0. The summed E-state index contributed by atoms with van der Waals surface area (Å²) in [5, 5.41) is 0. The van der Waals surface area contributed by atoms with Gasteiger partial charge in [-0.3, -0.25) is 4.79 Å². The van der Waals surface area contributed by atoms with E-state index in [-0.39, 0.29) is 18.0 Å². The van der Waals surface area contributed by atoms with E-state index in [4.69, 9.17) is 4.74 Å². The molecule has 76 valence electrons. The number of esters is 1. The fraction of sp³-hybridized carbons (Fsp3) is 0.909. The summed E-state index contributed by atoms with van der Waals surface area (Å²) in [5.74, 6) is 0.773. The van der Waals surface area contributed by atoms with Crippen molar-refractivity contribution in [3.63, 3.8) is 0 Å². The van der Waals surface area contributed by atoms with Crippen LogP contribution in [0.2, 0.25) is 0 Å². The van der Waals surface area contributed by atoms with Gasteiger partial charge in [-0.25, -0.2) is 0 Å². The van der Waals surface area contributed by atoms with Gasteiger partial charge in [-0.1, -0.05) is 13.8 Å². The first kappa shape index (κ1) is 10.6. The van der Waals surface area contributed by atoms with Crippen molar-refractivity contribution in [1.29, 1.82) is 0 Å². The quantitative estimate of drug-likeness (QED) is 0.617. The molecule has 2 unspecified atom stereocenters. The molecule has 2 heteroatoms. The highest BCUT2D eigenvalue weighted by molar-refractivity contribution is 5.72. The smallest absolute Gasteiger partial charge is 0.309 e. The predicted octanol–water partition coefficient (Wildman–Crippen LogP) is 2.76. The van der Waals surface area contributed by atoms with Gasteiger partial charge in [0, 0.05) is 0 Å². The molecule has 0 aromatic carbocycles. The monoisotopic (exact) mass is 184 g/mol. The molecule has 1 rings (SSSR count). The van der Waals surface area contributed by atoms with Crippen molar-refractivity contribution in [2.45, 2.75) is 52.6 Å². The van der Waals surface area contributed by atoms with Gasteiger partial charge in [-0.2, -0.15) is 0 Å². The average Bonchev–Trinajstić information content (AvgIpc) is 2.13. The Morgan fingerprint density at radius 2 is 2.15 bits per heavy atom. The van der Waals surface area contributed by atoms with Crippen LogP contribution in [0, 0.1) is 11.8 Å². The highest BCUT2D eigenvalue weighted by Crippen LogP contribution is 2.24. The van der Waals surface area contributed by atoms with E-state index in [1.54, 1.807) is 0 Å². The lowest BCUT2D eigenvalue weighted by Gasteiger charge is -2.15. The van der Waals surface area contributed by atoms with Crippen LogP contribution in [0.4, 0.5) is 0 Å². The van der Waals surface area contributed by atoms with E-state index >= 15 is 0 Å². The summed E-state index contributed by atoms with van der Waals surface area (Å²) in [6.45, 7) is 6.29. The number of ether oxygens (including phenoxy) is 1. The van der Waals surface area contributed by atoms with E-state index in [1.165, 1.54) is 0 Å². The molecule has 2 atom stereocenters. The summed E-state index contributed by atoms with van der Waals surface area (Å²) < 4.78 is 5.29. The Kier molecular flexibility index (Phi) is 3.76. The summed E-state index contributed by atoms with van der Waals surface area (Å²) in [6, 6.07) is 0. The Labute approximate surface area is 80.7 Å². The first-order valence-electron chi connectivity index (χ1n) is 5.30. The fourth-order valence-electron chi connectivity index (χ4n) is 1.91. The van der Waals surface area contributed by atoms with E-state index in [1.807, 2.05) is 6.92 Å². The first-order valence-corrected chi connectivity index (χ1v) is 5.30. The van der Waals surface area contributed by atoms with Gasteiger partial charge in [0.1, 0.15) is 0 Å². The van der Waals surface area contributed by atoms with Crippen molar-refractivity contribution in [3.05, 3.63) is 0 Å². The van der Waals surface area contributed by atoms with Crippen LogP contribution < -0.4 is 0 Å². The van der Waals surface area contributed by atoms with Crippen LogP contribution in [-0.2, 0) is 9.53 Å². The zero-order valence-electron chi connectivity index (χ0n) is 8.88. The second-order valence-electron chi connectivity index (χ2n) is 4.50. The van der Waals surface area contributed by atoms with Crippen LogP contribution in [0.5, 0.6) is 0 Å². The van der Waals surface area contributed by atoms with E-state index in [0.29, 0.717) is 5.92 Å². The lowest BCUT2D eigenvalue weighted by Crippen LogP contribution is -2.20. The van der Waals surface area contributed by atoms with Crippen molar-refractivity contribution < 1.29 is 9.53 Å². The molecule has 0 bridgehead atoms. The Balaban J connectivity index is 2.48. The molecule has 0 amide bonds. The summed E-state index contributed by atoms with van der Waals surface area (Å²) in [5.41, 5.74) is 0. The first-order chi connectivity index (χ1) is 6.09. The van der Waals surface area contributed by atoms with Gasteiger partial charge in [-0.15, -0.1) is 0 Å². The number of cyclic esters (lactones) is 1. The Morgan fingerprint density at radius 1 is 1.46 bits per heavy atom. The van der Waals surface area contributed by atoms with Crippen molar-refractivity contribution in [2.75, 3.05) is 0 Å². The molecule has 0 aromatic rings. The topological polar surface area (TPSA) is 26.3 Å². The van der Waals surface area contributed by atoms with Gasteiger partial charge in [-0.05, 0) is 38.5 Å². The minimum absolute atomic E-state index is 0.0266. The Bertz CT molecular complexity index is 175. The van der Waals surface area contributed by atoms with Crippen molar-refractivity contribution in [1.82, 2.24) is 0 Å². The largest absolute Gasteiger partial charge is 0.462 e. The maximum atomic E-state index is 11.5. The van der Waals surface area contributed by atoms with Crippen LogP contribution in [0.25, 0.3) is 0 Å². The van der Waals surface area contributed by atoms with Crippen LogP contribution in [0.3, 0.4) is 0 Å². The average molecular weight is 184 g/mol. The molecule has 1 aliphatic heterocycles. The lowest BCUT2D eigenvalue weighted by atomic mass is 9.93. The molecule has 0 N–H and O–H groups in total. The second-order valence-corrected chi connectivity index (χ2v) is 4.50. The number of carbonyl (C=O) groups is 1. The van der Waals surface area contributed by atoms with Crippen LogP contribution in [-0.4, -0.2) is 12.1 Å². The van der Waals surface area contributed by atoms with Crippen LogP contribution >= 0.6 is 0 Å². The molecule has 0 saturated carbocycles. The maximum absolute atomic E-state index is 11.5. The molecule has 1 saturated heterocycles. The van der Waals surface area contributed by atoms with E-state index in [9.17, 15) is 4.79 Å². The van der Waals surface area contributed by atoms with E-state index in [2.05, 4.69) is 13.8 Å². The molecule has 1 aliphatic rings. The van der Waals surface area contributed by atoms with Gasteiger partial charge in [0.15, 0.2) is 0 Å². The highest BCUT2D eigenvalue weighted by Gasteiger charge is 2.25. The predicted molar refractivity (Wildman–Crippen MR) is 52.4 cm³/mol. The molecule has 0 aliphatic carbocycles. The van der Waals surface area contributed by atoms with Crippen LogP contribution in [0.1, 0.15) is 46.5 Å². The van der Waals surface area contributed by atoms with E-state index in [0.717, 1.165) is 25.7 Å². The standard InChI is InChI=1S/C11H20O2/c1-8(2)7-10-6-4-5-9(3)13-11(10)12/h8-10H,4-7H2,1-3H3. The molecule has 0 aromatic heterocycles. The zero-order chi connectivity index (χ0) is 9.84. The zero-order valence-corrected chi connectivity index (χ0v) is 8.88. The van der Waals surface area contributed by atoms with Gasteiger partial charge >= 0.3 is 5.97 Å². The maximum Gasteiger partial charge on any atom is 0.309 e. The molecule has 0 spiro atoms. The second kappa shape index (κ2) is 4.64. The van der Waals surface area contributed by atoms with E-state index < -0.39 is 0 Å². The third kappa shape index (κ3) is 3.37. The normalized spacial score (nSPS) is 30.0. The summed E-state index contributed by atoms with van der Waals surface area (Å²) in [6.07, 6.45) is 4.28. The van der Waals surface area contributed by atoms with Crippen molar-refractivity contribution in [3.8, 4) is 0 Å². The minimum atomic E-state index is 0.0266. The fourth-order valence-corrected chi connectivity index (χ4v) is 1.91. The molecule has 13 heavy (non-hydrogen) atoms. The molecule has 0 radical (unpaired) electrons. The lowest BCUT2D eigenvalue weighted by molar-refractivity contribution is -0.152. The van der Waals surface area contributed by atoms with Crippen molar-refractivity contribution in [2.24, 2.45) is 11.8 Å². The van der Waals surface area contributed by atoms with Crippen LogP contribution in [0.15, 0.2) is 0 Å². The third-order valence-electron chi connectivity index (χ3n) is 2.57. The molecule has 2 nitrogen and oxygen atoms in total. The Hall–Kier alpha value is -0.530. The van der Waals surface area contributed by atoms with Gasteiger partial charge in [0.05, 0.1) is 12.0 Å². The molecule has 1 heterocycles. The van der Waals surface area contributed by atoms with Gasteiger partial charge in [0.25, 0.3) is 0 Å². The van der Waals surface area contributed by atoms with Gasteiger partial charge < -0.3 is 4.74 Å². The number of rotatable bonds is 2. The molecular weight excluding hydrogens is 164 g/mol. The number of hydrogen-bond donors (Lipinski definition) is 0. The number of hydrogen-bond acceptors (Lipinski definition) is 2. The molecule has 1 fully saturated rings. The van der Waals surface area contributed by atoms with Crippen molar-refractivity contribution >= 4 is 5.97 Å².